The molecule has 160 valence electrons. The minimum absolute atomic E-state index is 0.372. The molecule has 0 saturated carbocycles. The lowest BCUT2D eigenvalue weighted by atomic mass is 10.2. The maximum atomic E-state index is 12.0. The summed E-state index contributed by atoms with van der Waals surface area (Å²) in [5.74, 6) is 0.741. The lowest BCUT2D eigenvalue weighted by molar-refractivity contribution is -0.126. The van der Waals surface area contributed by atoms with Crippen LogP contribution >= 0.6 is 0 Å². The first kappa shape index (κ1) is 22.7. The molecule has 30 heavy (non-hydrogen) atoms. The number of benzene rings is 2. The average molecular weight is 413 g/mol. The van der Waals surface area contributed by atoms with Crippen LogP contribution in [0.15, 0.2) is 47.6 Å². The molecule has 0 bridgehead atoms. The molecule has 0 heterocycles. The topological polar surface area (TPSA) is 98.2 Å². The number of hydrogen-bond acceptors (Lipinski definition) is 6. The Hall–Kier alpha value is -3.55. The highest BCUT2D eigenvalue weighted by molar-refractivity contribution is 6.04. The number of methoxy groups -OCH3 is 2. The van der Waals surface area contributed by atoms with Crippen molar-refractivity contribution in [3.8, 4) is 17.2 Å². The summed E-state index contributed by atoms with van der Waals surface area (Å²) in [7, 11) is 3.07. The van der Waals surface area contributed by atoms with Gasteiger partial charge in [0.05, 0.1) is 32.7 Å². The largest absolute Gasteiger partial charge is 0.495 e. The van der Waals surface area contributed by atoms with Crippen molar-refractivity contribution in [2.45, 2.75) is 26.2 Å². The molecule has 0 aliphatic carbocycles. The zero-order valence-corrected chi connectivity index (χ0v) is 17.4. The molecule has 0 spiro atoms. The quantitative estimate of drug-likeness (QED) is 0.255. The molecular formula is C22H27N3O5. The molecule has 2 rings (SSSR count). The van der Waals surface area contributed by atoms with Gasteiger partial charge in [-0.3, -0.25) is 9.59 Å². The average Bonchev–Trinajstić information content (AvgIpc) is 2.74. The van der Waals surface area contributed by atoms with E-state index in [0.717, 1.165) is 12.8 Å². The summed E-state index contributed by atoms with van der Waals surface area (Å²) in [6, 6.07) is 12.3. The molecule has 0 aromatic heterocycles. The van der Waals surface area contributed by atoms with Crippen molar-refractivity contribution < 1.29 is 23.8 Å². The molecule has 0 fully saturated rings. The molecule has 0 atom stereocenters. The van der Waals surface area contributed by atoms with Gasteiger partial charge >= 0.3 is 0 Å². The Bertz CT molecular complexity index is 883. The summed E-state index contributed by atoms with van der Waals surface area (Å²) < 4.78 is 16.2. The van der Waals surface area contributed by atoms with Crippen LogP contribution in [0, 0.1) is 0 Å². The Labute approximate surface area is 176 Å². The Morgan fingerprint density at radius 2 is 1.77 bits per heavy atom. The third-order valence-electron chi connectivity index (χ3n) is 4.05. The molecule has 0 radical (unpaired) electrons. The molecule has 0 aliphatic rings. The van der Waals surface area contributed by atoms with Gasteiger partial charge in [-0.05, 0) is 42.3 Å². The highest BCUT2D eigenvalue weighted by atomic mass is 16.5. The Morgan fingerprint density at radius 1 is 1.00 bits per heavy atom. The van der Waals surface area contributed by atoms with Gasteiger partial charge in [0, 0.05) is 0 Å². The van der Waals surface area contributed by atoms with Crippen LogP contribution in [0.3, 0.4) is 0 Å². The van der Waals surface area contributed by atoms with Crippen LogP contribution in [0.2, 0.25) is 0 Å². The maximum Gasteiger partial charge on any atom is 0.249 e. The number of carbonyl (C=O) groups is 2. The summed E-state index contributed by atoms with van der Waals surface area (Å²) >= 11 is 0. The summed E-state index contributed by atoms with van der Waals surface area (Å²) in [5.41, 5.74) is 3.55. The summed E-state index contributed by atoms with van der Waals surface area (Å²) in [4.78, 5) is 24.0. The normalized spacial score (nSPS) is 10.5. The highest BCUT2D eigenvalue weighted by Crippen LogP contribution is 2.27. The van der Waals surface area contributed by atoms with Crippen molar-refractivity contribution in [2.75, 3.05) is 26.1 Å². The molecule has 0 aliphatic heterocycles. The highest BCUT2D eigenvalue weighted by Gasteiger charge is 2.11. The number of anilines is 1. The van der Waals surface area contributed by atoms with Gasteiger partial charge < -0.3 is 19.5 Å². The summed E-state index contributed by atoms with van der Waals surface area (Å²) in [5, 5.41) is 6.53. The van der Waals surface area contributed by atoms with E-state index in [9.17, 15) is 9.59 Å². The zero-order valence-electron chi connectivity index (χ0n) is 17.4. The van der Waals surface area contributed by atoms with Gasteiger partial charge in [-0.25, -0.2) is 5.43 Å². The van der Waals surface area contributed by atoms with Gasteiger partial charge in [-0.2, -0.15) is 5.10 Å². The number of nitrogens with one attached hydrogen (secondary N) is 2. The molecule has 0 saturated heterocycles. The van der Waals surface area contributed by atoms with Crippen LogP contribution in [0.5, 0.6) is 17.2 Å². The molecule has 2 amide bonds. The summed E-state index contributed by atoms with van der Waals surface area (Å²) in [6.45, 7) is 2.71. The Morgan fingerprint density at radius 3 is 2.50 bits per heavy atom. The fourth-order valence-corrected chi connectivity index (χ4v) is 2.52. The number of carbonyl (C=O) groups excluding carboxylic acids is 2. The number of amides is 2. The van der Waals surface area contributed by atoms with Crippen molar-refractivity contribution in [1.82, 2.24) is 5.43 Å². The minimum atomic E-state index is -0.537. The van der Waals surface area contributed by atoms with E-state index < -0.39 is 11.8 Å². The minimum Gasteiger partial charge on any atom is -0.495 e. The lowest BCUT2D eigenvalue weighted by Gasteiger charge is -2.10. The molecule has 2 N–H and O–H groups in total. The molecule has 0 unspecified atom stereocenters. The zero-order chi connectivity index (χ0) is 21.8. The van der Waals surface area contributed by atoms with Crippen LogP contribution < -0.4 is 25.0 Å². The number of hydrogen-bond donors (Lipinski definition) is 2. The maximum absolute atomic E-state index is 12.0. The molecular weight excluding hydrogens is 386 g/mol. The Kier molecular flexibility index (Phi) is 9.18. The van der Waals surface area contributed by atoms with E-state index in [-0.39, 0.29) is 6.42 Å². The first-order chi connectivity index (χ1) is 14.6. The van der Waals surface area contributed by atoms with Crippen LogP contribution in [0.4, 0.5) is 5.69 Å². The molecule has 2 aromatic rings. The third-order valence-corrected chi connectivity index (χ3v) is 4.05. The van der Waals surface area contributed by atoms with Gasteiger partial charge in [0.2, 0.25) is 11.8 Å². The molecule has 2 aromatic carbocycles. The first-order valence-electron chi connectivity index (χ1n) is 9.63. The SMILES string of the molecule is CCCCOc1ccc(C=NNC(=O)CC(=O)Nc2ccccc2OC)cc1OC. The fraction of sp³-hybridized carbons (Fsp3) is 0.318. The van der Waals surface area contributed by atoms with Crippen molar-refractivity contribution in [1.29, 1.82) is 0 Å². The fourth-order valence-electron chi connectivity index (χ4n) is 2.52. The molecule has 8 heteroatoms. The third kappa shape index (κ3) is 7.12. The predicted octanol–water partition coefficient (Wildman–Crippen LogP) is 3.36. The van der Waals surface area contributed by atoms with E-state index in [4.69, 9.17) is 14.2 Å². The Balaban J connectivity index is 1.87. The van der Waals surface area contributed by atoms with E-state index >= 15 is 0 Å². The number of ether oxygens (including phenoxy) is 3. The van der Waals surface area contributed by atoms with Gasteiger partial charge in [-0.1, -0.05) is 25.5 Å². The van der Waals surface area contributed by atoms with E-state index in [0.29, 0.717) is 35.1 Å². The van der Waals surface area contributed by atoms with Gasteiger partial charge in [0.15, 0.2) is 11.5 Å². The van der Waals surface area contributed by atoms with Crippen molar-refractivity contribution in [3.05, 3.63) is 48.0 Å². The second-order valence-electron chi connectivity index (χ2n) is 6.33. The number of rotatable bonds is 11. The second kappa shape index (κ2) is 12.1. The smallest absolute Gasteiger partial charge is 0.249 e. The van der Waals surface area contributed by atoms with Crippen LogP contribution in [0.25, 0.3) is 0 Å². The van der Waals surface area contributed by atoms with Gasteiger partial charge in [-0.15, -0.1) is 0 Å². The van der Waals surface area contributed by atoms with Crippen molar-refractivity contribution in [2.24, 2.45) is 5.10 Å². The van der Waals surface area contributed by atoms with Crippen LogP contribution in [-0.2, 0) is 9.59 Å². The van der Waals surface area contributed by atoms with Gasteiger partial charge in [0.25, 0.3) is 0 Å². The van der Waals surface area contributed by atoms with E-state index in [1.807, 2.05) is 0 Å². The summed E-state index contributed by atoms with van der Waals surface area (Å²) in [6.07, 6.45) is 3.10. The van der Waals surface area contributed by atoms with E-state index in [1.165, 1.54) is 13.3 Å². The number of unbranched alkanes of at least 4 members (excludes halogenated alkanes) is 1. The second-order valence-corrected chi connectivity index (χ2v) is 6.33. The number of para-hydroxylation sites is 2. The lowest BCUT2D eigenvalue weighted by Crippen LogP contribution is -2.24. The van der Waals surface area contributed by atoms with E-state index in [1.54, 1.807) is 49.6 Å². The van der Waals surface area contributed by atoms with E-state index in [2.05, 4.69) is 22.8 Å². The molecule has 8 nitrogen and oxygen atoms in total. The predicted molar refractivity (Wildman–Crippen MR) is 115 cm³/mol. The number of hydrazone groups is 1. The number of nitrogens with zero attached hydrogens (tertiary/aromatic N) is 1. The van der Waals surface area contributed by atoms with Crippen LogP contribution in [0.1, 0.15) is 31.7 Å². The van der Waals surface area contributed by atoms with Crippen molar-refractivity contribution >= 4 is 23.7 Å². The standard InChI is InChI=1S/C22H27N3O5/c1-4-5-12-30-19-11-10-16(13-20(19)29-3)15-23-25-22(27)14-21(26)24-17-8-6-7-9-18(17)28-2/h6-11,13,15H,4-5,12,14H2,1-3H3,(H,24,26)(H,25,27). The van der Waals surface area contributed by atoms with Crippen molar-refractivity contribution in [3.63, 3.8) is 0 Å². The monoisotopic (exact) mass is 413 g/mol. The van der Waals surface area contributed by atoms with Gasteiger partial charge in [0.1, 0.15) is 12.2 Å². The van der Waals surface area contributed by atoms with Crippen LogP contribution in [-0.4, -0.2) is 38.9 Å². The first-order valence-corrected chi connectivity index (χ1v) is 9.63.